The van der Waals surface area contributed by atoms with E-state index < -0.39 is 0 Å². The fourth-order valence-corrected chi connectivity index (χ4v) is 0. The van der Waals surface area contributed by atoms with Crippen LogP contribution >= 0.6 is 0 Å². The molecule has 0 bridgehead atoms. The molecule has 4 N–H and O–H groups in total. The molecule has 0 radical (unpaired) electrons. The maximum atomic E-state index is 7.89. The monoisotopic (exact) mass is 198 g/mol. The van der Waals surface area contributed by atoms with Gasteiger partial charge in [0, 0.05) is 24.9 Å². The Morgan fingerprint density at radius 2 is 1.00 bits per heavy atom. The summed E-state index contributed by atoms with van der Waals surface area (Å²) in [5.41, 5.74) is 9.81. The van der Waals surface area contributed by atoms with Crippen molar-refractivity contribution >= 4 is 0 Å². The van der Waals surface area contributed by atoms with E-state index in [1.165, 1.54) is 0 Å². The topological polar surface area (TPSA) is 99.6 Å². The Kier molecular flexibility index (Phi) is 23.8. The van der Waals surface area contributed by atoms with E-state index in [-0.39, 0.29) is 11.8 Å². The van der Waals surface area contributed by atoms with Gasteiger partial charge in [-0.05, 0) is 27.7 Å². The minimum absolute atomic E-state index is 0.190. The molecule has 4 heteroatoms. The van der Waals surface area contributed by atoms with E-state index in [0.29, 0.717) is 13.1 Å². The number of hydrogen-bond acceptors (Lipinski definition) is 4. The van der Waals surface area contributed by atoms with Crippen LogP contribution in [0, 0.1) is 34.5 Å². The molecule has 0 amide bonds. The number of nitriles is 2. The zero-order valence-corrected chi connectivity index (χ0v) is 9.62. The predicted octanol–water partition coefficient (Wildman–Crippen LogP) is 1.24. The second kappa shape index (κ2) is 17.8. The summed E-state index contributed by atoms with van der Waals surface area (Å²) in [6, 6.07) is 4.06. The molecular formula is C10H22N4. The van der Waals surface area contributed by atoms with Crippen molar-refractivity contribution < 1.29 is 0 Å². The van der Waals surface area contributed by atoms with Crippen molar-refractivity contribution in [3.63, 3.8) is 0 Å². The van der Waals surface area contributed by atoms with Gasteiger partial charge in [0.15, 0.2) is 0 Å². The summed E-state index contributed by atoms with van der Waals surface area (Å²) >= 11 is 0. The summed E-state index contributed by atoms with van der Waals surface area (Å²) in [4.78, 5) is 0. The Hall–Kier alpha value is -1.10. The number of hydrogen-bond donors (Lipinski definition) is 2. The molecule has 0 rings (SSSR count). The summed E-state index contributed by atoms with van der Waals surface area (Å²) in [5.74, 6) is 0.380. The molecule has 0 aliphatic rings. The Morgan fingerprint density at radius 3 is 1.00 bits per heavy atom. The molecule has 0 aromatic carbocycles. The van der Waals surface area contributed by atoms with Gasteiger partial charge in [-0.3, -0.25) is 0 Å². The van der Waals surface area contributed by atoms with Crippen LogP contribution in [-0.2, 0) is 0 Å². The zero-order chi connectivity index (χ0) is 12.0. The highest BCUT2D eigenvalue weighted by Gasteiger charge is 1.79. The summed E-state index contributed by atoms with van der Waals surface area (Å²) in [5, 5.41) is 15.8. The Balaban J connectivity index is -0.000000131. The normalized spacial score (nSPS) is 7.57. The number of rotatable bonds is 1. The van der Waals surface area contributed by atoms with Crippen molar-refractivity contribution in [1.82, 2.24) is 0 Å². The van der Waals surface area contributed by atoms with Crippen molar-refractivity contribution in [1.29, 1.82) is 10.5 Å². The highest BCUT2D eigenvalue weighted by atomic mass is 14.6. The lowest BCUT2D eigenvalue weighted by atomic mass is 10.3. The number of nitrogens with zero attached hydrogens (tertiary/aromatic N) is 2. The minimum atomic E-state index is 0.190. The van der Waals surface area contributed by atoms with Crippen LogP contribution in [0.5, 0.6) is 0 Å². The first-order chi connectivity index (χ1) is 6.45. The largest absolute Gasteiger partial charge is 0.329 e. The molecule has 0 saturated heterocycles. The first-order valence-corrected chi connectivity index (χ1v) is 4.65. The lowest BCUT2D eigenvalue weighted by Gasteiger charge is -1.75. The fraction of sp³-hybridized carbons (Fsp3) is 0.800. The van der Waals surface area contributed by atoms with Gasteiger partial charge in [0.25, 0.3) is 0 Å². The molecule has 0 aromatic rings. The van der Waals surface area contributed by atoms with Crippen molar-refractivity contribution in [2.75, 3.05) is 13.1 Å². The van der Waals surface area contributed by atoms with Gasteiger partial charge in [0.05, 0.1) is 12.1 Å². The molecule has 14 heavy (non-hydrogen) atoms. The molecule has 0 aromatic heterocycles. The van der Waals surface area contributed by atoms with E-state index in [1.54, 1.807) is 0 Å². The molecule has 0 aliphatic carbocycles. The molecule has 4 nitrogen and oxygen atoms in total. The van der Waals surface area contributed by atoms with Crippen LogP contribution < -0.4 is 11.5 Å². The third-order valence-corrected chi connectivity index (χ3v) is 0.683. The van der Waals surface area contributed by atoms with Gasteiger partial charge < -0.3 is 11.5 Å². The van der Waals surface area contributed by atoms with E-state index in [1.807, 2.05) is 39.8 Å². The van der Waals surface area contributed by atoms with Crippen molar-refractivity contribution in [2.45, 2.75) is 27.7 Å². The third-order valence-electron chi connectivity index (χ3n) is 0.683. The first-order valence-electron chi connectivity index (χ1n) is 4.65. The van der Waals surface area contributed by atoms with Gasteiger partial charge in [0.1, 0.15) is 0 Å². The second-order valence-corrected chi connectivity index (χ2v) is 3.14. The van der Waals surface area contributed by atoms with Gasteiger partial charge in [-0.1, -0.05) is 0 Å². The van der Waals surface area contributed by atoms with E-state index in [9.17, 15) is 0 Å². The van der Waals surface area contributed by atoms with Gasteiger partial charge in [-0.15, -0.1) is 0 Å². The Morgan fingerprint density at radius 1 is 0.857 bits per heavy atom. The van der Waals surface area contributed by atoms with Gasteiger partial charge in [0.2, 0.25) is 0 Å². The van der Waals surface area contributed by atoms with E-state index >= 15 is 0 Å². The standard InChI is InChI=1S/2C4H7N.C2H8N2/c2*1-4(2)3-5;3-1-2-4/h2*4H,1-2H3;1-4H2. The SMILES string of the molecule is CC(C)C#N.CC(C)C#N.NCCN. The molecule has 0 saturated carbocycles. The van der Waals surface area contributed by atoms with Gasteiger partial charge >= 0.3 is 0 Å². The summed E-state index contributed by atoms with van der Waals surface area (Å²) in [6.07, 6.45) is 0. The molecule has 0 atom stereocenters. The zero-order valence-electron chi connectivity index (χ0n) is 9.62. The maximum Gasteiger partial charge on any atom is 0.0649 e. The van der Waals surface area contributed by atoms with Crippen LogP contribution in [0.25, 0.3) is 0 Å². The van der Waals surface area contributed by atoms with Crippen LogP contribution in [0.3, 0.4) is 0 Å². The fourth-order valence-electron chi connectivity index (χ4n) is 0. The Bertz CT molecular complexity index is 142. The molecular weight excluding hydrogens is 176 g/mol. The summed E-state index contributed by atoms with van der Waals surface area (Å²) < 4.78 is 0. The predicted molar refractivity (Wildman–Crippen MR) is 59.0 cm³/mol. The molecule has 82 valence electrons. The highest BCUT2D eigenvalue weighted by Crippen LogP contribution is 1.82. The average Bonchev–Trinajstić information content (AvgIpc) is 2.19. The summed E-state index contributed by atoms with van der Waals surface area (Å²) in [7, 11) is 0. The average molecular weight is 198 g/mol. The Labute approximate surface area is 87.5 Å². The molecule has 0 unspecified atom stereocenters. The lowest BCUT2D eigenvalue weighted by Crippen LogP contribution is -2.11. The van der Waals surface area contributed by atoms with Crippen LogP contribution in [0.4, 0.5) is 0 Å². The maximum absolute atomic E-state index is 7.89. The van der Waals surface area contributed by atoms with Crippen molar-refractivity contribution in [2.24, 2.45) is 23.3 Å². The van der Waals surface area contributed by atoms with Crippen molar-refractivity contribution in [3.05, 3.63) is 0 Å². The van der Waals surface area contributed by atoms with E-state index in [4.69, 9.17) is 22.0 Å². The van der Waals surface area contributed by atoms with Crippen LogP contribution in [-0.4, -0.2) is 13.1 Å². The minimum Gasteiger partial charge on any atom is -0.329 e. The highest BCUT2D eigenvalue weighted by molar-refractivity contribution is 4.73. The second-order valence-electron chi connectivity index (χ2n) is 3.14. The van der Waals surface area contributed by atoms with Gasteiger partial charge in [-0.2, -0.15) is 10.5 Å². The third kappa shape index (κ3) is 70.2. The summed E-state index contributed by atoms with van der Waals surface area (Å²) in [6.45, 7) is 8.64. The van der Waals surface area contributed by atoms with Crippen LogP contribution in [0.15, 0.2) is 0 Å². The van der Waals surface area contributed by atoms with E-state index in [0.717, 1.165) is 0 Å². The lowest BCUT2D eigenvalue weighted by molar-refractivity contribution is 0.849. The first kappa shape index (κ1) is 18.6. The molecule has 0 heterocycles. The molecule has 0 aliphatic heterocycles. The molecule has 0 fully saturated rings. The van der Waals surface area contributed by atoms with Crippen LogP contribution in [0.2, 0.25) is 0 Å². The van der Waals surface area contributed by atoms with Gasteiger partial charge in [-0.25, -0.2) is 0 Å². The van der Waals surface area contributed by atoms with Crippen LogP contribution in [0.1, 0.15) is 27.7 Å². The molecule has 0 spiro atoms. The van der Waals surface area contributed by atoms with Crippen molar-refractivity contribution in [3.8, 4) is 12.1 Å². The number of nitrogens with two attached hydrogens (primary N) is 2. The van der Waals surface area contributed by atoms with E-state index in [2.05, 4.69) is 0 Å². The quantitative estimate of drug-likeness (QED) is 0.662. The smallest absolute Gasteiger partial charge is 0.0649 e.